The van der Waals surface area contributed by atoms with E-state index in [-0.39, 0.29) is 5.57 Å². The van der Waals surface area contributed by atoms with Gasteiger partial charge in [0.05, 0.1) is 18.2 Å². The molecule has 0 aromatic heterocycles. The Labute approximate surface area is 104 Å². The van der Waals surface area contributed by atoms with E-state index in [1.54, 1.807) is 0 Å². The van der Waals surface area contributed by atoms with Crippen LogP contribution in [-0.2, 0) is 9.53 Å². The lowest BCUT2D eigenvalue weighted by atomic mass is 10.0. The minimum atomic E-state index is -0.438. The first-order valence-electron chi connectivity index (χ1n) is 6.07. The van der Waals surface area contributed by atoms with Gasteiger partial charge in [0.15, 0.2) is 0 Å². The van der Waals surface area contributed by atoms with Crippen molar-refractivity contribution in [3.63, 3.8) is 0 Å². The van der Waals surface area contributed by atoms with E-state index >= 15 is 0 Å². The molecule has 0 radical (unpaired) electrons. The van der Waals surface area contributed by atoms with Gasteiger partial charge in [-0.3, -0.25) is 0 Å². The Morgan fingerprint density at radius 2 is 2.24 bits per heavy atom. The highest BCUT2D eigenvalue weighted by Crippen LogP contribution is 2.13. The summed E-state index contributed by atoms with van der Waals surface area (Å²) >= 11 is 0. The minimum Gasteiger partial charge on any atom is -0.462 e. The predicted octanol–water partition coefficient (Wildman–Crippen LogP) is 3.38. The Morgan fingerprint density at radius 1 is 1.53 bits per heavy atom. The highest BCUT2D eigenvalue weighted by atomic mass is 16.5. The van der Waals surface area contributed by atoms with Crippen molar-refractivity contribution in [2.24, 2.45) is 5.92 Å². The molecule has 3 nitrogen and oxygen atoms in total. The lowest BCUT2D eigenvalue weighted by Crippen LogP contribution is -2.14. The number of carbonyl (C=O) groups is 1. The molecule has 0 spiro atoms. The van der Waals surface area contributed by atoms with Crippen LogP contribution in [0.4, 0.5) is 0 Å². The Kier molecular flexibility index (Phi) is 8.77. The quantitative estimate of drug-likeness (QED) is 0.280. The Morgan fingerprint density at radius 3 is 2.76 bits per heavy atom. The van der Waals surface area contributed by atoms with Crippen molar-refractivity contribution in [1.82, 2.24) is 0 Å². The maximum atomic E-state index is 11.5. The van der Waals surface area contributed by atoms with Crippen LogP contribution >= 0.6 is 0 Å². The van der Waals surface area contributed by atoms with Crippen LogP contribution in [0.2, 0.25) is 0 Å². The van der Waals surface area contributed by atoms with E-state index < -0.39 is 5.97 Å². The summed E-state index contributed by atoms with van der Waals surface area (Å²) in [6, 6.07) is 1.81. The summed E-state index contributed by atoms with van der Waals surface area (Å²) < 4.78 is 5.15. The zero-order valence-corrected chi connectivity index (χ0v) is 10.7. The Hall–Kier alpha value is -1.56. The molecule has 0 saturated heterocycles. The molecule has 0 rings (SSSR count). The fourth-order valence-corrected chi connectivity index (χ4v) is 1.39. The van der Waals surface area contributed by atoms with Crippen molar-refractivity contribution >= 4 is 5.97 Å². The van der Waals surface area contributed by atoms with Crippen LogP contribution in [0.25, 0.3) is 0 Å². The zero-order chi connectivity index (χ0) is 13.1. The molecule has 0 aliphatic carbocycles. The van der Waals surface area contributed by atoms with Gasteiger partial charge in [0.1, 0.15) is 0 Å². The monoisotopic (exact) mass is 235 g/mol. The molecule has 0 amide bonds. The van der Waals surface area contributed by atoms with E-state index in [2.05, 4.69) is 20.4 Å². The molecule has 0 aromatic rings. The standard InChI is InChI=1S/C14H21NO2/c1-4-6-9-13(5-2)11-17-14(16)12(3)8-7-10-15/h7-8,13H,3-6,9,11H2,1-2H3. The SMILES string of the molecule is C=C(C=CC#N)C(=O)OCC(CC)CCCC. The molecule has 1 unspecified atom stereocenters. The van der Waals surface area contributed by atoms with Gasteiger partial charge >= 0.3 is 5.97 Å². The number of carbonyl (C=O) groups excluding carboxylic acids is 1. The topological polar surface area (TPSA) is 50.1 Å². The maximum Gasteiger partial charge on any atom is 0.337 e. The summed E-state index contributed by atoms with van der Waals surface area (Å²) in [7, 11) is 0. The van der Waals surface area contributed by atoms with E-state index in [1.165, 1.54) is 12.2 Å². The first kappa shape index (κ1) is 15.4. The second kappa shape index (κ2) is 9.65. The predicted molar refractivity (Wildman–Crippen MR) is 68.2 cm³/mol. The zero-order valence-electron chi connectivity index (χ0n) is 10.7. The first-order chi connectivity index (χ1) is 8.15. The van der Waals surface area contributed by atoms with Crippen molar-refractivity contribution in [1.29, 1.82) is 5.26 Å². The number of nitriles is 1. The van der Waals surface area contributed by atoms with Gasteiger partial charge in [-0.25, -0.2) is 4.79 Å². The van der Waals surface area contributed by atoms with Crippen LogP contribution in [0, 0.1) is 17.2 Å². The highest BCUT2D eigenvalue weighted by molar-refractivity contribution is 5.90. The number of hydrogen-bond acceptors (Lipinski definition) is 3. The second-order valence-corrected chi connectivity index (χ2v) is 4.00. The average molecular weight is 235 g/mol. The molecule has 0 bridgehead atoms. The molecule has 0 aliphatic heterocycles. The van der Waals surface area contributed by atoms with Crippen LogP contribution in [-0.4, -0.2) is 12.6 Å². The fraction of sp³-hybridized carbons (Fsp3) is 0.571. The molecule has 0 heterocycles. The molecule has 1 atom stereocenters. The van der Waals surface area contributed by atoms with Gasteiger partial charge in [-0.2, -0.15) is 5.26 Å². The number of esters is 1. The smallest absolute Gasteiger partial charge is 0.337 e. The number of nitrogens with zero attached hydrogens (tertiary/aromatic N) is 1. The lowest BCUT2D eigenvalue weighted by Gasteiger charge is -2.14. The number of rotatable bonds is 8. The third-order valence-corrected chi connectivity index (χ3v) is 2.61. The molecule has 94 valence electrons. The van der Waals surface area contributed by atoms with Crippen LogP contribution < -0.4 is 0 Å². The number of hydrogen-bond donors (Lipinski definition) is 0. The van der Waals surface area contributed by atoms with Gasteiger partial charge in [0.2, 0.25) is 0 Å². The van der Waals surface area contributed by atoms with E-state index in [9.17, 15) is 4.79 Å². The largest absolute Gasteiger partial charge is 0.462 e. The summed E-state index contributed by atoms with van der Waals surface area (Å²) in [6.07, 6.45) is 7.00. The molecule has 0 aliphatic rings. The van der Waals surface area contributed by atoms with E-state index in [1.807, 2.05) is 6.07 Å². The second-order valence-electron chi connectivity index (χ2n) is 4.00. The van der Waals surface area contributed by atoms with E-state index in [0.717, 1.165) is 25.7 Å². The molecule has 0 saturated carbocycles. The van der Waals surface area contributed by atoms with Crippen LogP contribution in [0.1, 0.15) is 39.5 Å². The van der Waals surface area contributed by atoms with Gasteiger partial charge < -0.3 is 4.74 Å². The molecule has 0 N–H and O–H groups in total. The third-order valence-electron chi connectivity index (χ3n) is 2.61. The molecular weight excluding hydrogens is 214 g/mol. The lowest BCUT2D eigenvalue weighted by molar-refractivity contribution is -0.140. The maximum absolute atomic E-state index is 11.5. The summed E-state index contributed by atoms with van der Waals surface area (Å²) in [6.45, 7) is 8.23. The van der Waals surface area contributed by atoms with Gasteiger partial charge in [0.25, 0.3) is 0 Å². The average Bonchev–Trinajstić information content (AvgIpc) is 2.35. The van der Waals surface area contributed by atoms with Crippen LogP contribution in [0.3, 0.4) is 0 Å². The summed E-state index contributed by atoms with van der Waals surface area (Å²) in [4.78, 5) is 11.5. The normalized spacial score (nSPS) is 12.1. The summed E-state index contributed by atoms with van der Waals surface area (Å²) in [5.41, 5.74) is 0.219. The van der Waals surface area contributed by atoms with Gasteiger partial charge in [-0.05, 0) is 18.4 Å². The van der Waals surface area contributed by atoms with Crippen LogP contribution in [0.5, 0.6) is 0 Å². The minimum absolute atomic E-state index is 0.219. The molecule has 0 aromatic carbocycles. The van der Waals surface area contributed by atoms with Gasteiger partial charge in [-0.1, -0.05) is 39.7 Å². The van der Waals surface area contributed by atoms with Crippen molar-refractivity contribution in [2.45, 2.75) is 39.5 Å². The van der Waals surface area contributed by atoms with E-state index in [4.69, 9.17) is 10.00 Å². The first-order valence-corrected chi connectivity index (χ1v) is 6.07. The molecule has 0 fully saturated rings. The summed E-state index contributed by atoms with van der Waals surface area (Å²) in [5.74, 6) is -0.0157. The van der Waals surface area contributed by atoms with Crippen molar-refractivity contribution in [3.05, 3.63) is 24.3 Å². The van der Waals surface area contributed by atoms with Crippen molar-refractivity contribution < 1.29 is 9.53 Å². The number of ether oxygens (including phenoxy) is 1. The molecular formula is C14H21NO2. The van der Waals surface area contributed by atoms with Gasteiger partial charge in [0, 0.05) is 6.08 Å². The summed E-state index contributed by atoms with van der Waals surface area (Å²) in [5, 5.41) is 8.32. The third kappa shape index (κ3) is 7.35. The molecule has 17 heavy (non-hydrogen) atoms. The van der Waals surface area contributed by atoms with Crippen molar-refractivity contribution in [2.75, 3.05) is 6.61 Å². The van der Waals surface area contributed by atoms with Crippen LogP contribution in [0.15, 0.2) is 24.3 Å². The number of allylic oxidation sites excluding steroid dienone is 1. The van der Waals surface area contributed by atoms with Gasteiger partial charge in [-0.15, -0.1) is 0 Å². The van der Waals surface area contributed by atoms with E-state index in [0.29, 0.717) is 12.5 Å². The fourth-order valence-electron chi connectivity index (χ4n) is 1.39. The molecule has 3 heteroatoms. The van der Waals surface area contributed by atoms with Crippen molar-refractivity contribution in [3.8, 4) is 6.07 Å². The highest BCUT2D eigenvalue weighted by Gasteiger charge is 2.10. The Bertz CT molecular complexity index is 313. The Balaban J connectivity index is 4.00. The number of unbranched alkanes of at least 4 members (excludes halogenated alkanes) is 1.